The molecule has 1 aromatic rings. The van der Waals surface area contributed by atoms with E-state index in [0.29, 0.717) is 5.02 Å². The first-order valence-electron chi connectivity index (χ1n) is 5.40. The summed E-state index contributed by atoms with van der Waals surface area (Å²) in [6.45, 7) is 3.05. The maximum absolute atomic E-state index is 6.10. The first-order chi connectivity index (χ1) is 7.63. The van der Waals surface area contributed by atoms with E-state index in [1.165, 1.54) is 0 Å². The van der Waals surface area contributed by atoms with E-state index in [2.05, 4.69) is 17.3 Å². The van der Waals surface area contributed by atoms with Crippen molar-refractivity contribution >= 4 is 23.2 Å². The van der Waals surface area contributed by atoms with Crippen LogP contribution in [-0.2, 0) is 6.42 Å². The molecule has 0 atom stereocenters. The number of rotatable bonds is 6. The number of halogens is 2. The van der Waals surface area contributed by atoms with Crippen LogP contribution in [-0.4, -0.2) is 38.6 Å². The molecule has 0 saturated carbocycles. The quantitative estimate of drug-likeness (QED) is 0.847. The molecule has 4 heteroatoms. The monoisotopic (exact) mass is 260 g/mol. The maximum Gasteiger partial charge on any atom is 0.0453 e. The predicted molar refractivity (Wildman–Crippen MR) is 71.6 cm³/mol. The Morgan fingerprint density at radius 1 is 1.25 bits per heavy atom. The lowest BCUT2D eigenvalue weighted by atomic mass is 10.1. The van der Waals surface area contributed by atoms with Gasteiger partial charge in [0.25, 0.3) is 0 Å². The zero-order chi connectivity index (χ0) is 12.0. The van der Waals surface area contributed by atoms with E-state index in [9.17, 15) is 0 Å². The Bertz CT molecular complexity index is 329. The third kappa shape index (κ3) is 4.71. The molecule has 1 aromatic carbocycles. The molecule has 0 aliphatic carbocycles. The molecule has 0 aliphatic rings. The molecule has 2 nitrogen and oxygen atoms in total. The van der Waals surface area contributed by atoms with Gasteiger partial charge in [0.05, 0.1) is 0 Å². The van der Waals surface area contributed by atoms with Crippen LogP contribution in [0.25, 0.3) is 0 Å². The highest BCUT2D eigenvalue weighted by Crippen LogP contribution is 2.21. The number of nitrogens with zero attached hydrogens (tertiary/aromatic N) is 1. The van der Waals surface area contributed by atoms with E-state index in [4.69, 9.17) is 23.2 Å². The van der Waals surface area contributed by atoms with E-state index >= 15 is 0 Å². The van der Waals surface area contributed by atoms with Crippen LogP contribution in [0.1, 0.15) is 5.56 Å². The lowest BCUT2D eigenvalue weighted by Gasteiger charge is -2.16. The Kier molecular flexibility index (Phi) is 6.14. The highest BCUT2D eigenvalue weighted by molar-refractivity contribution is 6.35. The fourth-order valence-electron chi connectivity index (χ4n) is 1.45. The van der Waals surface area contributed by atoms with Gasteiger partial charge in [-0.1, -0.05) is 29.3 Å². The zero-order valence-corrected chi connectivity index (χ0v) is 11.3. The van der Waals surface area contributed by atoms with Crippen molar-refractivity contribution in [1.29, 1.82) is 0 Å². The Labute approximate surface area is 108 Å². The molecule has 0 fully saturated rings. The Morgan fingerprint density at radius 2 is 2.00 bits per heavy atom. The van der Waals surface area contributed by atoms with Crippen molar-refractivity contribution in [1.82, 2.24) is 10.2 Å². The Morgan fingerprint density at radius 3 is 2.62 bits per heavy atom. The van der Waals surface area contributed by atoms with E-state index in [1.807, 2.05) is 19.2 Å². The summed E-state index contributed by atoms with van der Waals surface area (Å²) in [5.41, 5.74) is 1.15. The van der Waals surface area contributed by atoms with Gasteiger partial charge in [0.2, 0.25) is 0 Å². The smallest absolute Gasteiger partial charge is 0.0453 e. The van der Waals surface area contributed by atoms with Crippen LogP contribution in [0.3, 0.4) is 0 Å². The molecule has 0 radical (unpaired) electrons. The summed E-state index contributed by atoms with van der Waals surface area (Å²) in [4.78, 5) is 2.28. The number of likely N-dealkylation sites (N-methyl/N-ethyl adjacent to an activating group) is 2. The molecule has 0 heterocycles. The topological polar surface area (TPSA) is 15.3 Å². The van der Waals surface area contributed by atoms with Crippen molar-refractivity contribution in [3.63, 3.8) is 0 Å². The predicted octanol–water partition coefficient (Wildman–Crippen LogP) is 2.69. The number of nitrogens with one attached hydrogen (secondary N) is 1. The molecular weight excluding hydrogens is 243 g/mol. The molecule has 1 rings (SSSR count). The molecule has 0 amide bonds. The van der Waals surface area contributed by atoms with Crippen LogP contribution in [0.15, 0.2) is 18.2 Å². The van der Waals surface area contributed by atoms with Crippen LogP contribution in [0.5, 0.6) is 0 Å². The second kappa shape index (κ2) is 7.13. The Hall–Kier alpha value is -0.280. The van der Waals surface area contributed by atoms with Gasteiger partial charge in [-0.25, -0.2) is 0 Å². The summed E-state index contributed by atoms with van der Waals surface area (Å²) < 4.78 is 0. The van der Waals surface area contributed by atoms with Gasteiger partial charge >= 0.3 is 0 Å². The van der Waals surface area contributed by atoms with Gasteiger partial charge < -0.3 is 10.2 Å². The molecule has 1 N–H and O–H groups in total. The molecule has 0 bridgehead atoms. The number of hydrogen-bond acceptors (Lipinski definition) is 2. The molecule has 16 heavy (non-hydrogen) atoms. The minimum atomic E-state index is 0.692. The lowest BCUT2D eigenvalue weighted by molar-refractivity contribution is 0.339. The molecule has 0 unspecified atom stereocenters. The fourth-order valence-corrected chi connectivity index (χ4v) is 1.95. The number of benzene rings is 1. The van der Waals surface area contributed by atoms with E-state index < -0.39 is 0 Å². The molecule has 0 aliphatic heterocycles. The molecule has 0 aromatic heterocycles. The third-order valence-electron chi connectivity index (χ3n) is 2.52. The second-order valence-corrected chi connectivity index (χ2v) is 4.74. The highest BCUT2D eigenvalue weighted by Gasteiger charge is 2.03. The summed E-state index contributed by atoms with van der Waals surface area (Å²) in [6.07, 6.45) is 0.955. The van der Waals surface area contributed by atoms with Crippen LogP contribution in [0, 0.1) is 0 Å². The van der Waals surface area contributed by atoms with Crippen molar-refractivity contribution in [3.8, 4) is 0 Å². The zero-order valence-electron chi connectivity index (χ0n) is 9.76. The molecule has 0 spiro atoms. The van der Waals surface area contributed by atoms with Crippen LogP contribution in [0.2, 0.25) is 10.0 Å². The normalized spacial score (nSPS) is 11.1. The summed E-state index contributed by atoms with van der Waals surface area (Å²) in [7, 11) is 4.07. The van der Waals surface area contributed by atoms with E-state index in [-0.39, 0.29) is 0 Å². The summed E-state index contributed by atoms with van der Waals surface area (Å²) in [6, 6.07) is 5.68. The van der Waals surface area contributed by atoms with E-state index in [1.54, 1.807) is 6.07 Å². The van der Waals surface area contributed by atoms with Crippen LogP contribution >= 0.6 is 23.2 Å². The molecular formula is C12H18Cl2N2. The second-order valence-electron chi connectivity index (χ2n) is 3.89. The first-order valence-corrected chi connectivity index (χ1v) is 6.16. The highest BCUT2D eigenvalue weighted by atomic mass is 35.5. The third-order valence-corrected chi connectivity index (χ3v) is 3.11. The first kappa shape index (κ1) is 13.8. The van der Waals surface area contributed by atoms with Gasteiger partial charge in [0.1, 0.15) is 0 Å². The van der Waals surface area contributed by atoms with Gasteiger partial charge in [-0.15, -0.1) is 0 Å². The summed E-state index contributed by atoms with van der Waals surface area (Å²) >= 11 is 11.9. The molecule has 90 valence electrons. The number of hydrogen-bond donors (Lipinski definition) is 1. The van der Waals surface area contributed by atoms with Gasteiger partial charge in [0.15, 0.2) is 0 Å². The van der Waals surface area contributed by atoms with E-state index in [0.717, 1.165) is 36.6 Å². The average molecular weight is 261 g/mol. The van der Waals surface area contributed by atoms with Gasteiger partial charge in [-0.05, 0) is 38.2 Å². The van der Waals surface area contributed by atoms with Crippen molar-refractivity contribution in [2.45, 2.75) is 6.42 Å². The maximum atomic E-state index is 6.10. The van der Waals surface area contributed by atoms with Crippen molar-refractivity contribution in [2.75, 3.05) is 33.7 Å². The minimum absolute atomic E-state index is 0.692. The average Bonchev–Trinajstić information content (AvgIpc) is 2.25. The standard InChI is InChI=1S/C12H18Cl2N2/c1-15-6-8-16(2)7-5-10-3-4-11(13)9-12(10)14/h3-4,9,15H,5-8H2,1-2H3. The fraction of sp³-hybridized carbons (Fsp3) is 0.500. The van der Waals surface area contributed by atoms with Crippen LogP contribution < -0.4 is 5.32 Å². The van der Waals surface area contributed by atoms with Gasteiger partial charge in [-0.2, -0.15) is 0 Å². The SMILES string of the molecule is CNCCN(C)CCc1ccc(Cl)cc1Cl. The Balaban J connectivity index is 2.42. The summed E-state index contributed by atoms with van der Waals surface area (Å²) in [5, 5.41) is 4.58. The van der Waals surface area contributed by atoms with Crippen LogP contribution in [0.4, 0.5) is 0 Å². The molecule has 0 saturated heterocycles. The van der Waals surface area contributed by atoms with Crippen molar-refractivity contribution in [3.05, 3.63) is 33.8 Å². The van der Waals surface area contributed by atoms with Gasteiger partial charge in [0, 0.05) is 29.7 Å². The van der Waals surface area contributed by atoms with Crippen molar-refractivity contribution < 1.29 is 0 Å². The lowest BCUT2D eigenvalue weighted by Crippen LogP contribution is -2.29. The minimum Gasteiger partial charge on any atom is -0.318 e. The van der Waals surface area contributed by atoms with Crippen molar-refractivity contribution in [2.24, 2.45) is 0 Å². The summed E-state index contributed by atoms with van der Waals surface area (Å²) in [5.74, 6) is 0. The van der Waals surface area contributed by atoms with Gasteiger partial charge in [-0.3, -0.25) is 0 Å². The largest absolute Gasteiger partial charge is 0.318 e.